The van der Waals surface area contributed by atoms with Gasteiger partial charge in [0.25, 0.3) is 0 Å². The molecular formula is C28H36N2O9S. The Hall–Kier alpha value is -2.90. The third-order valence-electron chi connectivity index (χ3n) is 7.62. The molecule has 3 heterocycles. The van der Waals surface area contributed by atoms with Crippen molar-refractivity contribution >= 4 is 16.1 Å². The molecule has 40 heavy (non-hydrogen) atoms. The first-order valence-corrected chi connectivity index (χ1v) is 15.0. The van der Waals surface area contributed by atoms with Gasteiger partial charge >= 0.3 is 6.09 Å². The summed E-state index contributed by atoms with van der Waals surface area (Å²) >= 11 is 0. The summed E-state index contributed by atoms with van der Waals surface area (Å²) in [6.07, 6.45) is -2.17. The lowest BCUT2D eigenvalue weighted by Crippen LogP contribution is -2.57. The van der Waals surface area contributed by atoms with Crippen LogP contribution in [0.15, 0.2) is 53.4 Å². The molecule has 2 fully saturated rings. The summed E-state index contributed by atoms with van der Waals surface area (Å²) in [4.78, 5) is 14.0. The molecule has 5 atom stereocenters. The average molecular weight is 577 g/mol. The maximum atomic E-state index is 13.8. The Morgan fingerprint density at radius 2 is 1.80 bits per heavy atom. The molecule has 3 aliphatic heterocycles. The third-order valence-corrected chi connectivity index (χ3v) is 9.44. The molecule has 2 aromatic carbocycles. The van der Waals surface area contributed by atoms with Gasteiger partial charge in [-0.05, 0) is 36.5 Å². The van der Waals surface area contributed by atoms with Crippen LogP contribution < -0.4 is 9.47 Å². The van der Waals surface area contributed by atoms with E-state index < -0.39 is 40.6 Å². The fourth-order valence-corrected chi connectivity index (χ4v) is 7.37. The van der Waals surface area contributed by atoms with Gasteiger partial charge in [-0.2, -0.15) is 4.31 Å². The Bertz CT molecular complexity index is 1290. The Labute approximate surface area is 234 Å². The molecule has 5 rings (SSSR count). The van der Waals surface area contributed by atoms with Crippen LogP contribution in [-0.2, 0) is 25.9 Å². The van der Waals surface area contributed by atoms with E-state index in [1.807, 2.05) is 44.2 Å². The van der Waals surface area contributed by atoms with Crippen molar-refractivity contribution in [2.24, 2.45) is 11.8 Å². The standard InChI is InChI=1S/C28H36N2O9S/c1-18(2)14-29(40(34,35)20-8-9-25-26(13-20)39-17-38-25)15-24(31)22(12-19-6-4-3-5-7-19)30(28(32)33)23-16-37-27-21(23)10-11-36-27/h3-9,13,18,21-24,27,31H,10-12,14-17H2,1-2H3,(H,32,33)/t21?,22-,23?,24+,27?/m0/s1. The lowest BCUT2D eigenvalue weighted by Gasteiger charge is -2.39. The minimum atomic E-state index is -4.07. The van der Waals surface area contributed by atoms with Gasteiger partial charge in [-0.15, -0.1) is 0 Å². The second-order valence-electron chi connectivity index (χ2n) is 10.8. The van der Waals surface area contributed by atoms with Crippen LogP contribution in [0.4, 0.5) is 4.79 Å². The highest BCUT2D eigenvalue weighted by atomic mass is 32.2. The smallest absolute Gasteiger partial charge is 0.407 e. The van der Waals surface area contributed by atoms with E-state index in [1.54, 1.807) is 6.07 Å². The number of aliphatic hydroxyl groups excluding tert-OH is 1. The van der Waals surface area contributed by atoms with E-state index >= 15 is 0 Å². The van der Waals surface area contributed by atoms with Gasteiger partial charge in [0, 0.05) is 25.1 Å². The SMILES string of the molecule is CC(C)CN(C[C@@H](O)[C@H](Cc1ccccc1)N(C(=O)O)C1COC2OCCC21)S(=O)(=O)c1ccc2c(c1)OCO2. The highest BCUT2D eigenvalue weighted by molar-refractivity contribution is 7.89. The number of ether oxygens (including phenoxy) is 4. The minimum Gasteiger partial charge on any atom is -0.465 e. The van der Waals surface area contributed by atoms with Crippen molar-refractivity contribution in [3.05, 3.63) is 54.1 Å². The van der Waals surface area contributed by atoms with Gasteiger partial charge in [0.05, 0.1) is 36.3 Å². The molecule has 1 amide bonds. The molecule has 0 radical (unpaired) electrons. The normalized spacial score (nSPS) is 23.4. The second-order valence-corrected chi connectivity index (χ2v) is 12.8. The van der Waals surface area contributed by atoms with Gasteiger partial charge in [0.2, 0.25) is 16.8 Å². The molecule has 3 aliphatic rings. The van der Waals surface area contributed by atoms with E-state index in [9.17, 15) is 23.4 Å². The van der Waals surface area contributed by atoms with Crippen molar-refractivity contribution in [2.75, 3.05) is 33.1 Å². The molecule has 12 heteroatoms. The topological polar surface area (TPSA) is 135 Å². The highest BCUT2D eigenvalue weighted by Gasteiger charge is 2.49. The molecule has 0 saturated carbocycles. The van der Waals surface area contributed by atoms with Gasteiger partial charge in [0.1, 0.15) is 0 Å². The van der Waals surface area contributed by atoms with Crippen LogP contribution in [0.2, 0.25) is 0 Å². The molecule has 2 aromatic rings. The molecule has 0 aliphatic carbocycles. The number of aliphatic hydroxyl groups is 1. The van der Waals surface area contributed by atoms with E-state index in [0.717, 1.165) is 5.56 Å². The predicted molar refractivity (Wildman–Crippen MR) is 144 cm³/mol. The summed E-state index contributed by atoms with van der Waals surface area (Å²) in [6, 6.07) is 12.2. The van der Waals surface area contributed by atoms with Gasteiger partial charge in [-0.3, -0.25) is 4.90 Å². The molecule has 218 valence electrons. The van der Waals surface area contributed by atoms with Gasteiger partial charge < -0.3 is 29.2 Å². The van der Waals surface area contributed by atoms with Crippen LogP contribution in [0.25, 0.3) is 0 Å². The number of nitrogens with zero attached hydrogens (tertiary/aromatic N) is 2. The maximum Gasteiger partial charge on any atom is 0.407 e. The van der Waals surface area contributed by atoms with Crippen molar-refractivity contribution < 1.29 is 42.4 Å². The largest absolute Gasteiger partial charge is 0.465 e. The Balaban J connectivity index is 1.46. The fourth-order valence-electron chi connectivity index (χ4n) is 5.73. The zero-order chi connectivity index (χ0) is 28.4. The monoisotopic (exact) mass is 576 g/mol. The summed E-state index contributed by atoms with van der Waals surface area (Å²) in [5.41, 5.74) is 0.824. The molecular weight excluding hydrogens is 540 g/mol. The van der Waals surface area contributed by atoms with Gasteiger partial charge in [-0.1, -0.05) is 44.2 Å². The van der Waals surface area contributed by atoms with Crippen LogP contribution in [0, 0.1) is 11.8 Å². The summed E-state index contributed by atoms with van der Waals surface area (Å²) in [5.74, 6) is 0.576. The summed E-state index contributed by atoms with van der Waals surface area (Å²) in [5, 5.41) is 22.1. The van der Waals surface area contributed by atoms with E-state index in [0.29, 0.717) is 24.5 Å². The van der Waals surface area contributed by atoms with Crippen molar-refractivity contribution in [3.63, 3.8) is 0 Å². The summed E-state index contributed by atoms with van der Waals surface area (Å²) in [7, 11) is -4.07. The number of sulfonamides is 1. The van der Waals surface area contributed by atoms with Crippen molar-refractivity contribution in [2.45, 2.75) is 56.1 Å². The van der Waals surface area contributed by atoms with Crippen LogP contribution in [0.5, 0.6) is 11.5 Å². The molecule has 2 N–H and O–H groups in total. The molecule has 0 spiro atoms. The quantitative estimate of drug-likeness (QED) is 0.414. The number of fused-ring (bicyclic) bond motifs is 2. The number of benzene rings is 2. The number of hydrogen-bond acceptors (Lipinski definition) is 8. The lowest BCUT2D eigenvalue weighted by atomic mass is 9.93. The van der Waals surface area contributed by atoms with Gasteiger partial charge in [-0.25, -0.2) is 13.2 Å². The van der Waals surface area contributed by atoms with Crippen molar-refractivity contribution in [3.8, 4) is 11.5 Å². The zero-order valence-electron chi connectivity index (χ0n) is 22.6. The van der Waals surface area contributed by atoms with E-state index in [-0.39, 0.29) is 49.6 Å². The number of carbonyl (C=O) groups is 1. The van der Waals surface area contributed by atoms with Crippen LogP contribution in [0.3, 0.4) is 0 Å². The predicted octanol–water partition coefficient (Wildman–Crippen LogP) is 2.78. The van der Waals surface area contributed by atoms with Crippen LogP contribution in [-0.4, -0.2) is 91.5 Å². The van der Waals surface area contributed by atoms with E-state index in [2.05, 4.69) is 0 Å². The summed E-state index contributed by atoms with van der Waals surface area (Å²) < 4.78 is 51.0. The number of rotatable bonds is 11. The first kappa shape index (κ1) is 28.6. The van der Waals surface area contributed by atoms with Crippen molar-refractivity contribution in [1.82, 2.24) is 9.21 Å². The second kappa shape index (κ2) is 11.9. The zero-order valence-corrected chi connectivity index (χ0v) is 23.4. The molecule has 2 saturated heterocycles. The lowest BCUT2D eigenvalue weighted by molar-refractivity contribution is -0.0906. The average Bonchev–Trinajstić information content (AvgIpc) is 3.66. The first-order chi connectivity index (χ1) is 19.1. The molecule has 0 bridgehead atoms. The van der Waals surface area contributed by atoms with Crippen LogP contribution >= 0.6 is 0 Å². The maximum absolute atomic E-state index is 13.8. The summed E-state index contributed by atoms with van der Waals surface area (Å²) in [6.45, 7) is 4.23. The number of hydrogen-bond donors (Lipinski definition) is 2. The minimum absolute atomic E-state index is 0.00874. The van der Waals surface area contributed by atoms with Gasteiger partial charge in [0.15, 0.2) is 17.8 Å². The molecule has 3 unspecified atom stereocenters. The molecule has 0 aromatic heterocycles. The van der Waals surface area contributed by atoms with E-state index in [4.69, 9.17) is 18.9 Å². The first-order valence-electron chi connectivity index (χ1n) is 13.5. The highest BCUT2D eigenvalue weighted by Crippen LogP contribution is 2.37. The Kier molecular flexibility index (Phi) is 8.52. The number of carboxylic acid groups (broad SMARTS) is 1. The molecule has 11 nitrogen and oxygen atoms in total. The Morgan fingerprint density at radius 1 is 1.05 bits per heavy atom. The van der Waals surface area contributed by atoms with Crippen LogP contribution in [0.1, 0.15) is 25.8 Å². The number of amides is 1. The fraction of sp³-hybridized carbons (Fsp3) is 0.536. The van der Waals surface area contributed by atoms with Crippen molar-refractivity contribution in [1.29, 1.82) is 0 Å². The third kappa shape index (κ3) is 5.91. The van der Waals surface area contributed by atoms with E-state index in [1.165, 1.54) is 21.3 Å². The Morgan fingerprint density at radius 3 is 2.52 bits per heavy atom.